The SMILES string of the molecule is CC1=CC2=C(CCCC2=O)N(Nc2ccccc2)C1c1ccc([N+](=O)[O-])cc1. The Bertz CT molecular complexity index is 978. The molecule has 0 saturated heterocycles. The van der Waals surface area contributed by atoms with Crippen LogP contribution in [0.25, 0.3) is 0 Å². The molecule has 1 heterocycles. The van der Waals surface area contributed by atoms with E-state index in [0.717, 1.165) is 40.9 Å². The van der Waals surface area contributed by atoms with Crippen molar-refractivity contribution in [2.45, 2.75) is 32.2 Å². The van der Waals surface area contributed by atoms with E-state index in [-0.39, 0.29) is 17.5 Å². The lowest BCUT2D eigenvalue weighted by Gasteiger charge is -2.42. The Morgan fingerprint density at radius 1 is 1.07 bits per heavy atom. The molecule has 0 saturated carbocycles. The zero-order valence-corrected chi connectivity index (χ0v) is 15.6. The van der Waals surface area contributed by atoms with Gasteiger partial charge in [-0.3, -0.25) is 25.3 Å². The quantitative estimate of drug-likeness (QED) is 0.606. The molecule has 1 aliphatic heterocycles. The number of carbonyl (C=O) groups is 1. The van der Waals surface area contributed by atoms with E-state index in [4.69, 9.17) is 0 Å². The van der Waals surface area contributed by atoms with Gasteiger partial charge in [-0.2, -0.15) is 0 Å². The third-order valence-corrected chi connectivity index (χ3v) is 5.22. The molecule has 6 heteroatoms. The first kappa shape index (κ1) is 18.0. The van der Waals surface area contributed by atoms with Crippen LogP contribution in [0.2, 0.25) is 0 Å². The largest absolute Gasteiger partial charge is 0.298 e. The zero-order chi connectivity index (χ0) is 19.7. The van der Waals surface area contributed by atoms with Crippen molar-refractivity contribution < 1.29 is 9.72 Å². The third kappa shape index (κ3) is 3.29. The second-order valence-corrected chi connectivity index (χ2v) is 7.12. The molecule has 1 N–H and O–H groups in total. The van der Waals surface area contributed by atoms with E-state index in [9.17, 15) is 14.9 Å². The predicted octanol–water partition coefficient (Wildman–Crippen LogP) is 4.93. The van der Waals surface area contributed by atoms with Crippen molar-refractivity contribution in [1.82, 2.24) is 5.01 Å². The number of benzene rings is 2. The second-order valence-electron chi connectivity index (χ2n) is 7.12. The first-order valence-corrected chi connectivity index (χ1v) is 9.34. The normalized spacial score (nSPS) is 19.2. The standard InChI is InChI=1S/C22H21N3O3/c1-15-14-19-20(8-5-9-21(19)26)24(23-17-6-3-2-4-7-17)22(15)16-10-12-18(13-11-16)25(27)28/h2-4,6-7,10-14,22-23H,5,8-9H2,1H3. The van der Waals surface area contributed by atoms with Crippen molar-refractivity contribution in [3.8, 4) is 0 Å². The van der Waals surface area contributed by atoms with Crippen molar-refractivity contribution in [2.75, 3.05) is 5.43 Å². The van der Waals surface area contributed by atoms with Crippen molar-refractivity contribution in [3.63, 3.8) is 0 Å². The van der Waals surface area contributed by atoms with E-state index in [2.05, 4.69) is 10.4 Å². The molecule has 4 rings (SSSR count). The van der Waals surface area contributed by atoms with Crippen LogP contribution >= 0.6 is 0 Å². The minimum absolute atomic E-state index is 0.0662. The number of para-hydroxylation sites is 1. The summed E-state index contributed by atoms with van der Waals surface area (Å²) in [7, 11) is 0. The van der Waals surface area contributed by atoms with Gasteiger partial charge in [0.1, 0.15) is 0 Å². The number of nitro groups is 1. The molecule has 0 fully saturated rings. The Morgan fingerprint density at radius 3 is 2.46 bits per heavy atom. The fourth-order valence-electron chi connectivity index (χ4n) is 3.90. The summed E-state index contributed by atoms with van der Waals surface area (Å²) in [4.78, 5) is 23.1. The average molecular weight is 375 g/mol. The highest BCUT2D eigenvalue weighted by atomic mass is 16.6. The van der Waals surface area contributed by atoms with E-state index < -0.39 is 4.92 Å². The molecule has 1 atom stereocenters. The number of hydrogen-bond acceptors (Lipinski definition) is 5. The van der Waals surface area contributed by atoms with Gasteiger partial charge in [0.05, 0.1) is 16.7 Å². The van der Waals surface area contributed by atoms with Crippen molar-refractivity contribution in [1.29, 1.82) is 0 Å². The molecule has 1 aliphatic carbocycles. The summed E-state index contributed by atoms with van der Waals surface area (Å²) in [5, 5.41) is 13.1. The number of nitro benzene ring substituents is 1. The number of hydrazine groups is 1. The van der Waals surface area contributed by atoms with Crippen LogP contribution in [0.4, 0.5) is 11.4 Å². The van der Waals surface area contributed by atoms with Crippen LogP contribution in [0, 0.1) is 10.1 Å². The first-order valence-electron chi connectivity index (χ1n) is 9.34. The van der Waals surface area contributed by atoms with E-state index >= 15 is 0 Å². The van der Waals surface area contributed by atoms with Crippen molar-refractivity contribution in [2.24, 2.45) is 0 Å². The minimum atomic E-state index is -0.395. The summed E-state index contributed by atoms with van der Waals surface area (Å²) in [5.41, 5.74) is 8.16. The molecule has 2 aromatic carbocycles. The van der Waals surface area contributed by atoms with Crippen LogP contribution in [0.5, 0.6) is 0 Å². The van der Waals surface area contributed by atoms with E-state index in [1.165, 1.54) is 12.1 Å². The number of rotatable bonds is 4. The molecule has 0 bridgehead atoms. The van der Waals surface area contributed by atoms with Gasteiger partial charge in [-0.25, -0.2) is 0 Å². The fourth-order valence-corrected chi connectivity index (χ4v) is 3.90. The van der Waals surface area contributed by atoms with Crippen molar-refractivity contribution in [3.05, 3.63) is 93.2 Å². The Balaban J connectivity index is 1.77. The average Bonchev–Trinajstić information content (AvgIpc) is 2.70. The molecule has 0 spiro atoms. The summed E-state index contributed by atoms with van der Waals surface area (Å²) < 4.78 is 0. The number of ketones is 1. The van der Waals surface area contributed by atoms with Crippen LogP contribution in [-0.2, 0) is 4.79 Å². The van der Waals surface area contributed by atoms with Crippen LogP contribution in [0.3, 0.4) is 0 Å². The highest BCUT2D eigenvalue weighted by Crippen LogP contribution is 2.41. The van der Waals surface area contributed by atoms with Gasteiger partial charge in [-0.05, 0) is 61.2 Å². The smallest absolute Gasteiger partial charge is 0.269 e. The number of hydrogen-bond donors (Lipinski definition) is 1. The Kier molecular flexibility index (Phi) is 4.69. The van der Waals surface area contributed by atoms with E-state index in [1.54, 1.807) is 12.1 Å². The molecule has 0 radical (unpaired) electrons. The Morgan fingerprint density at radius 2 is 1.79 bits per heavy atom. The van der Waals surface area contributed by atoms with Gasteiger partial charge in [-0.15, -0.1) is 0 Å². The zero-order valence-electron chi connectivity index (χ0n) is 15.6. The predicted molar refractivity (Wildman–Crippen MR) is 107 cm³/mol. The Hall–Kier alpha value is -3.41. The van der Waals surface area contributed by atoms with E-state index in [1.807, 2.05) is 43.3 Å². The lowest BCUT2D eigenvalue weighted by Crippen LogP contribution is -2.39. The number of allylic oxidation sites excluding steroid dienone is 3. The number of Topliss-reactive ketones (excluding diaryl/α,β-unsaturated/α-hetero) is 1. The topological polar surface area (TPSA) is 75.5 Å². The van der Waals surface area contributed by atoms with Crippen LogP contribution in [0.1, 0.15) is 37.8 Å². The van der Waals surface area contributed by atoms with Crippen LogP contribution in [-0.4, -0.2) is 15.7 Å². The highest BCUT2D eigenvalue weighted by Gasteiger charge is 2.34. The Labute approximate surface area is 163 Å². The summed E-state index contributed by atoms with van der Waals surface area (Å²) in [5.74, 6) is 0.169. The molecular formula is C22H21N3O3. The number of carbonyl (C=O) groups excluding carboxylic acids is 1. The third-order valence-electron chi connectivity index (χ3n) is 5.22. The summed E-state index contributed by atoms with van der Waals surface area (Å²) >= 11 is 0. The van der Waals surface area contributed by atoms with Crippen LogP contribution in [0.15, 0.2) is 77.5 Å². The van der Waals surface area contributed by atoms with Gasteiger partial charge in [0, 0.05) is 29.8 Å². The van der Waals surface area contributed by atoms with Crippen molar-refractivity contribution >= 4 is 17.2 Å². The van der Waals surface area contributed by atoms with Gasteiger partial charge in [0.15, 0.2) is 5.78 Å². The van der Waals surface area contributed by atoms with Gasteiger partial charge in [0.2, 0.25) is 0 Å². The summed E-state index contributed by atoms with van der Waals surface area (Å²) in [6.45, 7) is 2.00. The molecule has 142 valence electrons. The molecule has 6 nitrogen and oxygen atoms in total. The summed E-state index contributed by atoms with van der Waals surface area (Å²) in [6, 6.07) is 16.3. The number of non-ortho nitro benzene ring substituents is 1. The maximum absolute atomic E-state index is 12.5. The molecule has 28 heavy (non-hydrogen) atoms. The molecule has 2 aromatic rings. The second kappa shape index (κ2) is 7.31. The first-order chi connectivity index (χ1) is 13.5. The number of nitrogens with one attached hydrogen (secondary N) is 1. The molecular weight excluding hydrogens is 354 g/mol. The van der Waals surface area contributed by atoms with Gasteiger partial charge >= 0.3 is 0 Å². The molecule has 0 aromatic heterocycles. The summed E-state index contributed by atoms with van der Waals surface area (Å²) in [6.07, 6.45) is 4.19. The van der Waals surface area contributed by atoms with Crippen LogP contribution < -0.4 is 5.43 Å². The van der Waals surface area contributed by atoms with Gasteiger partial charge < -0.3 is 0 Å². The molecule has 0 amide bonds. The monoisotopic (exact) mass is 375 g/mol. The molecule has 2 aliphatic rings. The molecule has 1 unspecified atom stereocenters. The number of anilines is 1. The number of nitrogens with zero attached hydrogens (tertiary/aromatic N) is 2. The lowest BCUT2D eigenvalue weighted by molar-refractivity contribution is -0.384. The maximum atomic E-state index is 12.5. The maximum Gasteiger partial charge on any atom is 0.269 e. The van der Waals surface area contributed by atoms with Gasteiger partial charge in [0.25, 0.3) is 5.69 Å². The van der Waals surface area contributed by atoms with Gasteiger partial charge in [-0.1, -0.05) is 18.2 Å². The highest BCUT2D eigenvalue weighted by molar-refractivity contribution is 6.00. The lowest BCUT2D eigenvalue weighted by atomic mass is 9.86. The minimum Gasteiger partial charge on any atom is -0.298 e. The fraction of sp³-hybridized carbons (Fsp3) is 0.227. The van der Waals surface area contributed by atoms with E-state index in [0.29, 0.717) is 6.42 Å².